The van der Waals surface area contributed by atoms with Crippen LogP contribution < -0.4 is 24.3 Å². The Hall–Kier alpha value is -2.98. The molecule has 0 radical (unpaired) electrons. The van der Waals surface area contributed by atoms with Gasteiger partial charge in [0.2, 0.25) is 15.8 Å². The van der Waals surface area contributed by atoms with Gasteiger partial charge < -0.3 is 24.3 Å². The number of carbonyl (C=O) groups is 1. The van der Waals surface area contributed by atoms with E-state index in [1.807, 2.05) is 0 Å². The van der Waals surface area contributed by atoms with Gasteiger partial charge in [-0.15, -0.1) is 0 Å². The average Bonchev–Trinajstić information content (AvgIpc) is 2.83. The number of amides is 1. The molecule has 0 unspecified atom stereocenters. The van der Waals surface area contributed by atoms with Crippen molar-refractivity contribution in [2.24, 2.45) is 0 Å². The highest BCUT2D eigenvalue weighted by Gasteiger charge is 2.28. The molecule has 1 aliphatic heterocycles. The minimum absolute atomic E-state index is 0.0512. The van der Waals surface area contributed by atoms with Crippen LogP contribution in [0.4, 0.5) is 5.69 Å². The molecule has 1 amide bonds. The minimum atomic E-state index is -3.70. The summed E-state index contributed by atoms with van der Waals surface area (Å²) in [6.07, 6.45) is 2.66. The molecular formula is C22H28N2O7S. The number of methoxy groups -OCH3 is 4. The zero-order chi connectivity index (χ0) is 23.3. The standard InChI is InChI=1S/C22H28N2O7S/c1-28-18-9-8-16(32(26,27)24-10-6-5-7-11-24)14-17(18)22(25)23-15-12-19(29-2)21(31-4)20(13-15)30-3/h8-9,12-14H,5-7,10-11H2,1-4H3,(H,23,25). The Bertz CT molecular complexity index is 1050. The number of carbonyl (C=O) groups excluding carboxylic acids is 1. The van der Waals surface area contributed by atoms with Crippen molar-refractivity contribution in [1.82, 2.24) is 4.31 Å². The molecule has 1 heterocycles. The third-order valence-corrected chi connectivity index (χ3v) is 7.19. The highest BCUT2D eigenvalue weighted by molar-refractivity contribution is 7.89. The van der Waals surface area contributed by atoms with E-state index < -0.39 is 15.9 Å². The minimum Gasteiger partial charge on any atom is -0.496 e. The van der Waals surface area contributed by atoms with Gasteiger partial charge in [-0.25, -0.2) is 8.42 Å². The van der Waals surface area contributed by atoms with Crippen LogP contribution in [-0.2, 0) is 10.0 Å². The van der Waals surface area contributed by atoms with Crippen LogP contribution in [0.3, 0.4) is 0 Å². The lowest BCUT2D eigenvalue weighted by Gasteiger charge is -2.26. The number of piperidine rings is 1. The van der Waals surface area contributed by atoms with Crippen molar-refractivity contribution < 1.29 is 32.2 Å². The van der Waals surface area contributed by atoms with Crippen LogP contribution in [0.25, 0.3) is 0 Å². The molecule has 10 heteroatoms. The molecule has 1 aliphatic rings. The predicted octanol–water partition coefficient (Wildman–Crippen LogP) is 3.15. The third kappa shape index (κ3) is 4.76. The SMILES string of the molecule is COc1ccc(S(=O)(=O)N2CCCCC2)cc1C(=O)Nc1cc(OC)c(OC)c(OC)c1. The Kier molecular flexibility index (Phi) is 7.47. The summed E-state index contributed by atoms with van der Waals surface area (Å²) in [5, 5.41) is 2.75. The topological polar surface area (TPSA) is 103 Å². The fourth-order valence-corrected chi connectivity index (χ4v) is 5.17. The van der Waals surface area contributed by atoms with Gasteiger partial charge in [0.15, 0.2) is 11.5 Å². The highest BCUT2D eigenvalue weighted by Crippen LogP contribution is 2.40. The second-order valence-electron chi connectivity index (χ2n) is 7.19. The number of anilines is 1. The summed E-state index contributed by atoms with van der Waals surface area (Å²) in [6, 6.07) is 7.45. The first-order chi connectivity index (χ1) is 15.3. The first kappa shape index (κ1) is 23.7. The lowest BCUT2D eigenvalue weighted by molar-refractivity contribution is 0.102. The van der Waals surface area contributed by atoms with Gasteiger partial charge in [0.05, 0.1) is 38.9 Å². The van der Waals surface area contributed by atoms with Crippen LogP contribution in [0.2, 0.25) is 0 Å². The summed E-state index contributed by atoms with van der Waals surface area (Å²) in [6.45, 7) is 0.947. The number of benzene rings is 2. The van der Waals surface area contributed by atoms with Crippen LogP contribution in [0.1, 0.15) is 29.6 Å². The molecule has 174 valence electrons. The third-order valence-electron chi connectivity index (χ3n) is 5.29. The second kappa shape index (κ2) is 10.1. The maximum atomic E-state index is 13.1. The summed E-state index contributed by atoms with van der Waals surface area (Å²) in [5.41, 5.74) is 0.482. The van der Waals surface area contributed by atoms with E-state index in [4.69, 9.17) is 18.9 Å². The summed E-state index contributed by atoms with van der Waals surface area (Å²) in [5.74, 6) is 0.852. The molecule has 0 bridgehead atoms. The van der Waals surface area contributed by atoms with E-state index in [0.717, 1.165) is 19.3 Å². The molecule has 1 N–H and O–H groups in total. The van der Waals surface area contributed by atoms with Crippen molar-refractivity contribution in [2.75, 3.05) is 46.8 Å². The smallest absolute Gasteiger partial charge is 0.259 e. The van der Waals surface area contributed by atoms with E-state index in [-0.39, 0.29) is 16.2 Å². The first-order valence-corrected chi connectivity index (χ1v) is 11.6. The Morgan fingerprint density at radius 3 is 1.97 bits per heavy atom. The lowest BCUT2D eigenvalue weighted by atomic mass is 10.1. The monoisotopic (exact) mass is 464 g/mol. The van der Waals surface area contributed by atoms with Crippen LogP contribution in [0, 0.1) is 0 Å². The Morgan fingerprint density at radius 2 is 1.44 bits per heavy atom. The molecular weight excluding hydrogens is 436 g/mol. The molecule has 0 spiro atoms. The number of nitrogens with zero attached hydrogens (tertiary/aromatic N) is 1. The van der Waals surface area contributed by atoms with Crippen molar-refractivity contribution in [3.8, 4) is 23.0 Å². The predicted molar refractivity (Wildman–Crippen MR) is 120 cm³/mol. The van der Waals surface area contributed by atoms with Gasteiger partial charge in [-0.05, 0) is 31.0 Å². The first-order valence-electron chi connectivity index (χ1n) is 10.1. The fraction of sp³-hybridized carbons (Fsp3) is 0.409. The molecule has 1 fully saturated rings. The lowest BCUT2D eigenvalue weighted by Crippen LogP contribution is -2.35. The summed E-state index contributed by atoms with van der Waals surface area (Å²) < 4.78 is 48.8. The van der Waals surface area contributed by atoms with E-state index in [9.17, 15) is 13.2 Å². The zero-order valence-corrected chi connectivity index (χ0v) is 19.5. The number of rotatable bonds is 8. The Balaban J connectivity index is 1.95. The largest absolute Gasteiger partial charge is 0.496 e. The second-order valence-corrected chi connectivity index (χ2v) is 9.13. The van der Waals surface area contributed by atoms with E-state index in [1.165, 1.54) is 50.9 Å². The number of ether oxygens (including phenoxy) is 4. The van der Waals surface area contributed by atoms with Gasteiger partial charge in [0.25, 0.3) is 5.91 Å². The van der Waals surface area contributed by atoms with E-state index in [0.29, 0.717) is 36.0 Å². The molecule has 0 aromatic heterocycles. The molecule has 0 aliphatic carbocycles. The molecule has 2 aromatic carbocycles. The van der Waals surface area contributed by atoms with Crippen LogP contribution in [0.5, 0.6) is 23.0 Å². The molecule has 0 saturated carbocycles. The van der Waals surface area contributed by atoms with Gasteiger partial charge in [-0.3, -0.25) is 4.79 Å². The van der Waals surface area contributed by atoms with Crippen molar-refractivity contribution >= 4 is 21.6 Å². The normalized spacial score (nSPS) is 14.5. The Labute approximate surface area is 188 Å². The van der Waals surface area contributed by atoms with Gasteiger partial charge in [-0.2, -0.15) is 4.31 Å². The molecule has 0 atom stereocenters. The maximum Gasteiger partial charge on any atom is 0.259 e. The van der Waals surface area contributed by atoms with Crippen molar-refractivity contribution in [3.63, 3.8) is 0 Å². The molecule has 3 rings (SSSR count). The van der Waals surface area contributed by atoms with Crippen molar-refractivity contribution in [3.05, 3.63) is 35.9 Å². The number of sulfonamides is 1. The van der Waals surface area contributed by atoms with E-state index in [1.54, 1.807) is 12.1 Å². The van der Waals surface area contributed by atoms with Crippen molar-refractivity contribution in [1.29, 1.82) is 0 Å². The number of hydrogen-bond donors (Lipinski definition) is 1. The highest BCUT2D eigenvalue weighted by atomic mass is 32.2. The fourth-order valence-electron chi connectivity index (χ4n) is 3.63. The number of hydrogen-bond acceptors (Lipinski definition) is 7. The Morgan fingerprint density at radius 1 is 0.844 bits per heavy atom. The van der Waals surface area contributed by atoms with Crippen LogP contribution in [-0.4, -0.2) is 60.2 Å². The summed E-state index contributed by atoms with van der Waals surface area (Å²) >= 11 is 0. The maximum absolute atomic E-state index is 13.1. The van der Waals surface area contributed by atoms with Gasteiger partial charge in [0, 0.05) is 30.9 Å². The van der Waals surface area contributed by atoms with Crippen LogP contribution in [0.15, 0.2) is 35.2 Å². The zero-order valence-electron chi connectivity index (χ0n) is 18.6. The van der Waals surface area contributed by atoms with E-state index >= 15 is 0 Å². The van der Waals surface area contributed by atoms with Crippen molar-refractivity contribution in [2.45, 2.75) is 24.2 Å². The van der Waals surface area contributed by atoms with Gasteiger partial charge >= 0.3 is 0 Å². The van der Waals surface area contributed by atoms with Gasteiger partial charge in [0.1, 0.15) is 5.75 Å². The summed E-state index contributed by atoms with van der Waals surface area (Å²) in [4.78, 5) is 13.1. The van der Waals surface area contributed by atoms with Crippen LogP contribution >= 0.6 is 0 Å². The molecule has 2 aromatic rings. The molecule has 9 nitrogen and oxygen atoms in total. The molecule has 1 saturated heterocycles. The van der Waals surface area contributed by atoms with E-state index in [2.05, 4.69) is 5.32 Å². The van der Waals surface area contributed by atoms with Gasteiger partial charge in [-0.1, -0.05) is 6.42 Å². The summed E-state index contributed by atoms with van der Waals surface area (Å²) in [7, 11) is 2.15. The number of nitrogens with one attached hydrogen (secondary N) is 1. The quantitative estimate of drug-likeness (QED) is 0.640. The average molecular weight is 465 g/mol. The molecule has 32 heavy (non-hydrogen) atoms.